The number of piperazine rings is 1. The van der Waals surface area contributed by atoms with Gasteiger partial charge in [0.05, 0.1) is 0 Å². The van der Waals surface area contributed by atoms with Crippen molar-refractivity contribution in [1.82, 2.24) is 20.4 Å². The van der Waals surface area contributed by atoms with E-state index in [1.165, 1.54) is 23.3 Å². The van der Waals surface area contributed by atoms with Gasteiger partial charge in [-0.1, -0.05) is 43.3 Å². The molecule has 1 saturated heterocycles. The number of halogens is 1. The molecule has 0 bridgehead atoms. The van der Waals surface area contributed by atoms with Gasteiger partial charge in [-0.25, -0.2) is 4.39 Å². The molecule has 156 valence electrons. The van der Waals surface area contributed by atoms with Crippen LogP contribution in [-0.2, 0) is 19.6 Å². The molecule has 2 aromatic carbocycles. The molecule has 1 heterocycles. The van der Waals surface area contributed by atoms with Gasteiger partial charge in [-0.2, -0.15) is 0 Å². The Bertz CT molecular complexity index is 782. The van der Waals surface area contributed by atoms with Crippen molar-refractivity contribution in [2.75, 3.05) is 39.8 Å². The second-order valence-corrected chi connectivity index (χ2v) is 7.38. The minimum Gasteiger partial charge on any atom is -0.352 e. The normalized spacial score (nSPS) is 16.0. The summed E-state index contributed by atoms with van der Waals surface area (Å²) in [6, 6.07) is 15.1. The summed E-state index contributed by atoms with van der Waals surface area (Å²) >= 11 is 0. The summed E-state index contributed by atoms with van der Waals surface area (Å²) in [7, 11) is 1.76. The van der Waals surface area contributed by atoms with Crippen LogP contribution in [0.5, 0.6) is 0 Å². The Kier molecular flexibility index (Phi) is 8.02. The molecule has 5 nitrogen and oxygen atoms in total. The smallest absolute Gasteiger partial charge is 0.191 e. The van der Waals surface area contributed by atoms with Gasteiger partial charge >= 0.3 is 0 Å². The van der Waals surface area contributed by atoms with Crippen LogP contribution >= 0.6 is 0 Å². The third-order valence-corrected chi connectivity index (χ3v) is 5.47. The van der Waals surface area contributed by atoms with Crippen LogP contribution in [-0.4, -0.2) is 55.5 Å². The van der Waals surface area contributed by atoms with Gasteiger partial charge in [0, 0.05) is 52.9 Å². The molecule has 6 heteroatoms. The first-order valence-corrected chi connectivity index (χ1v) is 10.4. The molecule has 0 saturated carbocycles. The highest BCUT2D eigenvalue weighted by Gasteiger charge is 2.16. The van der Waals surface area contributed by atoms with Gasteiger partial charge in [-0.05, 0) is 35.4 Å². The first-order valence-electron chi connectivity index (χ1n) is 10.4. The zero-order chi connectivity index (χ0) is 20.5. The number of aliphatic imine (C=N–C) groups is 1. The van der Waals surface area contributed by atoms with E-state index in [0.717, 1.165) is 50.8 Å². The maximum atomic E-state index is 13.0. The van der Waals surface area contributed by atoms with Gasteiger partial charge in [0.25, 0.3) is 0 Å². The van der Waals surface area contributed by atoms with Gasteiger partial charge in [-0.15, -0.1) is 0 Å². The number of hydrogen-bond acceptors (Lipinski definition) is 3. The number of guanidine groups is 1. The fraction of sp³-hybridized carbons (Fsp3) is 0.435. The Balaban J connectivity index is 1.52. The number of nitrogens with zero attached hydrogens (tertiary/aromatic N) is 3. The number of nitrogens with one attached hydrogen (secondary N) is 2. The molecule has 2 aromatic rings. The summed E-state index contributed by atoms with van der Waals surface area (Å²) in [5, 5.41) is 6.69. The predicted molar refractivity (Wildman–Crippen MR) is 117 cm³/mol. The highest BCUT2D eigenvalue weighted by atomic mass is 19.1. The quantitative estimate of drug-likeness (QED) is 0.557. The van der Waals surface area contributed by atoms with Crippen molar-refractivity contribution < 1.29 is 4.39 Å². The lowest BCUT2D eigenvalue weighted by Gasteiger charge is -2.34. The van der Waals surface area contributed by atoms with E-state index < -0.39 is 0 Å². The van der Waals surface area contributed by atoms with Crippen molar-refractivity contribution in [2.24, 2.45) is 4.99 Å². The third-order valence-electron chi connectivity index (χ3n) is 5.47. The minimum atomic E-state index is -0.219. The molecule has 1 aliphatic rings. The minimum absolute atomic E-state index is 0.219. The standard InChI is InChI=1S/C23H32FN5/c1-3-28-12-14-29(15-13-28)18-21-7-5-4-6-20(21)17-27-23(25-2)26-16-19-8-10-22(24)11-9-19/h4-11H,3,12-18H2,1-2H3,(H2,25,26,27). The molecular formula is C23H32FN5. The lowest BCUT2D eigenvalue weighted by molar-refractivity contribution is 0.131. The molecular weight excluding hydrogens is 365 g/mol. The zero-order valence-corrected chi connectivity index (χ0v) is 17.5. The Morgan fingerprint density at radius 2 is 1.52 bits per heavy atom. The second kappa shape index (κ2) is 10.9. The Morgan fingerprint density at radius 1 is 0.897 bits per heavy atom. The Morgan fingerprint density at radius 3 is 2.17 bits per heavy atom. The average molecular weight is 398 g/mol. The number of benzene rings is 2. The molecule has 1 aliphatic heterocycles. The zero-order valence-electron chi connectivity index (χ0n) is 17.5. The van der Waals surface area contributed by atoms with Crippen molar-refractivity contribution in [3.05, 3.63) is 71.0 Å². The Hall–Kier alpha value is -2.44. The van der Waals surface area contributed by atoms with Crippen molar-refractivity contribution in [3.63, 3.8) is 0 Å². The van der Waals surface area contributed by atoms with E-state index in [-0.39, 0.29) is 5.82 Å². The number of likely N-dealkylation sites (N-methyl/N-ethyl adjacent to an activating group) is 1. The number of hydrogen-bond donors (Lipinski definition) is 2. The second-order valence-electron chi connectivity index (χ2n) is 7.38. The van der Waals surface area contributed by atoms with E-state index in [1.54, 1.807) is 19.2 Å². The summed E-state index contributed by atoms with van der Waals surface area (Å²) in [5.41, 5.74) is 3.66. The molecule has 0 aliphatic carbocycles. The van der Waals surface area contributed by atoms with E-state index in [1.807, 2.05) is 0 Å². The van der Waals surface area contributed by atoms with Gasteiger partial charge in [0.15, 0.2) is 5.96 Å². The largest absolute Gasteiger partial charge is 0.352 e. The van der Waals surface area contributed by atoms with Crippen LogP contribution in [0, 0.1) is 5.82 Å². The van der Waals surface area contributed by atoms with Crippen LogP contribution in [0.1, 0.15) is 23.6 Å². The molecule has 1 fully saturated rings. The fourth-order valence-corrected chi connectivity index (χ4v) is 3.58. The lowest BCUT2D eigenvalue weighted by atomic mass is 10.1. The highest BCUT2D eigenvalue weighted by Crippen LogP contribution is 2.13. The molecule has 0 radical (unpaired) electrons. The van der Waals surface area contributed by atoms with Crippen LogP contribution in [0.2, 0.25) is 0 Å². The molecule has 0 aromatic heterocycles. The van der Waals surface area contributed by atoms with Gasteiger partial charge in [-0.3, -0.25) is 9.89 Å². The molecule has 0 atom stereocenters. The summed E-state index contributed by atoms with van der Waals surface area (Å²) in [4.78, 5) is 9.34. The van der Waals surface area contributed by atoms with Crippen LogP contribution in [0.3, 0.4) is 0 Å². The molecule has 0 unspecified atom stereocenters. The molecule has 3 rings (SSSR count). The molecule has 2 N–H and O–H groups in total. The van der Waals surface area contributed by atoms with E-state index in [0.29, 0.717) is 13.1 Å². The molecule has 29 heavy (non-hydrogen) atoms. The summed E-state index contributed by atoms with van der Waals surface area (Å²) in [5.74, 6) is 0.518. The monoisotopic (exact) mass is 397 g/mol. The van der Waals surface area contributed by atoms with E-state index in [9.17, 15) is 4.39 Å². The van der Waals surface area contributed by atoms with E-state index >= 15 is 0 Å². The molecule has 0 amide bonds. The van der Waals surface area contributed by atoms with Crippen molar-refractivity contribution >= 4 is 5.96 Å². The van der Waals surface area contributed by atoms with Gasteiger partial charge in [0.1, 0.15) is 5.82 Å². The topological polar surface area (TPSA) is 42.9 Å². The van der Waals surface area contributed by atoms with Crippen molar-refractivity contribution in [1.29, 1.82) is 0 Å². The molecule has 0 spiro atoms. The highest BCUT2D eigenvalue weighted by molar-refractivity contribution is 5.79. The first-order chi connectivity index (χ1) is 14.2. The van der Waals surface area contributed by atoms with Crippen molar-refractivity contribution in [3.8, 4) is 0 Å². The van der Waals surface area contributed by atoms with Crippen LogP contribution in [0.15, 0.2) is 53.5 Å². The van der Waals surface area contributed by atoms with Crippen LogP contribution in [0.25, 0.3) is 0 Å². The van der Waals surface area contributed by atoms with Crippen LogP contribution in [0.4, 0.5) is 4.39 Å². The van der Waals surface area contributed by atoms with Gasteiger partial charge < -0.3 is 15.5 Å². The SMILES string of the molecule is CCN1CCN(Cc2ccccc2CNC(=NC)NCc2ccc(F)cc2)CC1. The fourth-order valence-electron chi connectivity index (χ4n) is 3.58. The summed E-state index contributed by atoms with van der Waals surface area (Å²) in [6.45, 7) is 10.2. The average Bonchev–Trinajstić information content (AvgIpc) is 2.76. The van der Waals surface area contributed by atoms with E-state index in [2.05, 4.69) is 56.6 Å². The maximum absolute atomic E-state index is 13.0. The van der Waals surface area contributed by atoms with E-state index in [4.69, 9.17) is 0 Å². The first kappa shape index (κ1) is 21.3. The predicted octanol–water partition coefficient (Wildman–Crippen LogP) is 2.83. The summed E-state index contributed by atoms with van der Waals surface area (Å²) < 4.78 is 13.0. The summed E-state index contributed by atoms with van der Waals surface area (Å²) in [6.07, 6.45) is 0. The Labute approximate surface area is 173 Å². The third kappa shape index (κ3) is 6.54. The lowest BCUT2D eigenvalue weighted by Crippen LogP contribution is -2.45. The maximum Gasteiger partial charge on any atom is 0.191 e. The van der Waals surface area contributed by atoms with Crippen LogP contribution < -0.4 is 10.6 Å². The van der Waals surface area contributed by atoms with Crippen molar-refractivity contribution in [2.45, 2.75) is 26.6 Å². The number of rotatable bonds is 7. The van der Waals surface area contributed by atoms with Gasteiger partial charge in [0.2, 0.25) is 0 Å².